The Kier molecular flexibility index (Phi) is 6.64. The van der Waals surface area contributed by atoms with Gasteiger partial charge in [-0.2, -0.15) is 10.2 Å². The fourth-order valence-corrected chi connectivity index (χ4v) is 4.30. The van der Waals surface area contributed by atoms with Crippen LogP contribution in [0.25, 0.3) is 6.08 Å². The average Bonchev–Trinajstić information content (AvgIpc) is 2.76. The van der Waals surface area contributed by atoms with Crippen LogP contribution in [0.1, 0.15) is 44.1 Å². The van der Waals surface area contributed by atoms with Gasteiger partial charge in [-0.15, -0.1) is 0 Å². The van der Waals surface area contributed by atoms with Crippen molar-refractivity contribution in [1.29, 1.82) is 0 Å². The Morgan fingerprint density at radius 3 is 3.00 bits per heavy atom. The van der Waals surface area contributed by atoms with Crippen molar-refractivity contribution in [2.75, 3.05) is 13.2 Å². The van der Waals surface area contributed by atoms with Gasteiger partial charge in [-0.25, -0.2) is 4.39 Å². The van der Waals surface area contributed by atoms with Crippen molar-refractivity contribution in [1.82, 2.24) is 0 Å². The maximum Gasteiger partial charge on any atom is 0.136 e. The van der Waals surface area contributed by atoms with Gasteiger partial charge < -0.3 is 15.0 Å². The highest BCUT2D eigenvalue weighted by molar-refractivity contribution is 5.56. The van der Waals surface area contributed by atoms with Crippen molar-refractivity contribution in [3.8, 4) is 0 Å². The molecule has 154 valence electrons. The first-order valence-corrected chi connectivity index (χ1v) is 10.5. The molecule has 2 aliphatic heterocycles. The number of rotatable bonds is 5. The number of hydrogen-bond donors (Lipinski definition) is 1. The number of halogens is 1. The number of hydroxylamine groups is 1. The van der Waals surface area contributed by atoms with E-state index in [1.165, 1.54) is 11.6 Å². The highest BCUT2D eigenvalue weighted by Crippen LogP contribution is 2.24. The molecule has 3 unspecified atom stereocenters. The molecule has 3 aliphatic rings. The second kappa shape index (κ2) is 9.57. The smallest absolute Gasteiger partial charge is 0.136 e. The summed E-state index contributed by atoms with van der Waals surface area (Å²) in [5.41, 5.74) is 2.26. The van der Waals surface area contributed by atoms with E-state index in [1.54, 1.807) is 18.3 Å². The van der Waals surface area contributed by atoms with Crippen molar-refractivity contribution < 1.29 is 14.2 Å². The van der Waals surface area contributed by atoms with Gasteiger partial charge in [0.25, 0.3) is 0 Å². The van der Waals surface area contributed by atoms with Crippen LogP contribution in [0, 0.1) is 16.9 Å². The molecule has 0 saturated carbocycles. The molecule has 1 saturated heterocycles. The lowest BCUT2D eigenvalue weighted by Gasteiger charge is -2.37. The number of quaternary nitrogens is 1. The zero-order chi connectivity index (χ0) is 20.1. The van der Waals surface area contributed by atoms with Crippen LogP contribution in [0.4, 0.5) is 10.1 Å². The molecule has 1 aromatic carbocycles. The molecule has 5 nitrogen and oxygen atoms in total. The third-order valence-corrected chi connectivity index (χ3v) is 5.95. The van der Waals surface area contributed by atoms with Gasteiger partial charge in [0.2, 0.25) is 0 Å². The molecule has 0 spiro atoms. The van der Waals surface area contributed by atoms with Crippen LogP contribution in [0.2, 0.25) is 0 Å². The first-order chi connectivity index (χ1) is 14.2. The van der Waals surface area contributed by atoms with Crippen LogP contribution in [-0.2, 0) is 4.74 Å². The number of hydrogen-bond acceptors (Lipinski definition) is 4. The summed E-state index contributed by atoms with van der Waals surface area (Å²) in [6, 6.07) is 4.80. The highest BCUT2D eigenvalue weighted by Gasteiger charge is 2.29. The lowest BCUT2D eigenvalue weighted by atomic mass is 9.93. The third-order valence-electron chi connectivity index (χ3n) is 5.95. The molecule has 0 bridgehead atoms. The molecule has 29 heavy (non-hydrogen) atoms. The summed E-state index contributed by atoms with van der Waals surface area (Å²) in [5.74, 6) is -0.00929. The Labute approximate surface area is 171 Å². The van der Waals surface area contributed by atoms with Crippen LogP contribution in [0.3, 0.4) is 0 Å². The first kappa shape index (κ1) is 20.1. The number of allylic oxidation sites excluding steroid dienone is 3. The zero-order valence-corrected chi connectivity index (χ0v) is 16.6. The second-order valence-corrected chi connectivity index (χ2v) is 8.11. The molecule has 1 aliphatic carbocycles. The minimum Gasteiger partial charge on any atom is -0.629 e. The van der Waals surface area contributed by atoms with E-state index in [9.17, 15) is 9.60 Å². The normalized spacial score (nSPS) is 29.3. The summed E-state index contributed by atoms with van der Waals surface area (Å²) >= 11 is 0. The molecule has 1 aromatic rings. The van der Waals surface area contributed by atoms with Crippen LogP contribution >= 0.6 is 0 Å². The van der Waals surface area contributed by atoms with Crippen molar-refractivity contribution in [2.24, 2.45) is 16.1 Å². The molecule has 6 heteroatoms. The quantitative estimate of drug-likeness (QED) is 0.587. The maximum absolute atomic E-state index is 14.7. The molecule has 4 rings (SSSR count). The molecule has 4 atom stereocenters. The fourth-order valence-electron chi connectivity index (χ4n) is 4.30. The summed E-state index contributed by atoms with van der Waals surface area (Å²) in [4.78, 5) is 0. The van der Waals surface area contributed by atoms with Gasteiger partial charge in [-0.1, -0.05) is 29.9 Å². The number of nitrogens with zero attached hydrogens (tertiary/aromatic N) is 2. The van der Waals surface area contributed by atoms with E-state index in [4.69, 9.17) is 4.74 Å². The van der Waals surface area contributed by atoms with Gasteiger partial charge in [0, 0.05) is 42.7 Å². The number of benzene rings is 1. The van der Waals surface area contributed by atoms with Gasteiger partial charge >= 0.3 is 0 Å². The molecular weight excluding hydrogens is 369 g/mol. The molecule has 0 radical (unpaired) electrons. The van der Waals surface area contributed by atoms with E-state index in [1.807, 2.05) is 12.2 Å². The predicted molar refractivity (Wildman–Crippen MR) is 111 cm³/mol. The lowest BCUT2D eigenvalue weighted by Crippen LogP contribution is -3.07. The van der Waals surface area contributed by atoms with Gasteiger partial charge in [0.05, 0.1) is 25.3 Å². The minimum absolute atomic E-state index is 0.0240. The number of ether oxygens (including phenoxy) is 1. The standard InChI is InChI=1S/C23H28FN3O2/c24-23-15-20(7-6-19(23)12-17-4-2-1-3-5-17)27(28)21-9-11-29-22(14-21)13-18-8-10-25-26-16-18/h1-2,6-8,10,12,15,18,21-22,27H,3-5,9,11,13-14,16H2/b17-12+/t18-,21?,22?/m0/s1. The monoisotopic (exact) mass is 397 g/mol. The highest BCUT2D eigenvalue weighted by atomic mass is 19.1. The first-order valence-electron chi connectivity index (χ1n) is 10.5. The van der Waals surface area contributed by atoms with E-state index in [0.29, 0.717) is 43.2 Å². The lowest BCUT2D eigenvalue weighted by molar-refractivity contribution is -0.810. The second-order valence-electron chi connectivity index (χ2n) is 8.11. The summed E-state index contributed by atoms with van der Waals surface area (Å²) in [7, 11) is 0. The van der Waals surface area contributed by atoms with Crippen molar-refractivity contribution in [2.45, 2.75) is 50.7 Å². The molecule has 1 N–H and O–H groups in total. The van der Waals surface area contributed by atoms with Crippen molar-refractivity contribution in [3.63, 3.8) is 0 Å². The maximum atomic E-state index is 14.7. The van der Waals surface area contributed by atoms with Crippen molar-refractivity contribution >= 4 is 11.8 Å². The van der Waals surface area contributed by atoms with E-state index in [-0.39, 0.29) is 23.0 Å². The Morgan fingerprint density at radius 2 is 2.24 bits per heavy atom. The minimum atomic E-state index is -0.320. The Hall–Kier alpha value is -2.15. The van der Waals surface area contributed by atoms with E-state index in [0.717, 1.165) is 25.7 Å². The van der Waals surface area contributed by atoms with Crippen LogP contribution in [0.15, 0.2) is 58.4 Å². The number of nitrogens with one attached hydrogen (secondary N) is 1. The zero-order valence-electron chi connectivity index (χ0n) is 16.6. The topological polar surface area (TPSA) is 61.5 Å². The van der Waals surface area contributed by atoms with E-state index >= 15 is 0 Å². The molecule has 1 fully saturated rings. The van der Waals surface area contributed by atoms with Crippen LogP contribution in [-0.4, -0.2) is 25.3 Å². The van der Waals surface area contributed by atoms with Gasteiger partial charge in [-0.3, -0.25) is 0 Å². The summed E-state index contributed by atoms with van der Waals surface area (Å²) in [6.07, 6.45) is 15.1. The van der Waals surface area contributed by atoms with Crippen LogP contribution in [0.5, 0.6) is 0 Å². The van der Waals surface area contributed by atoms with E-state index < -0.39 is 0 Å². The summed E-state index contributed by atoms with van der Waals surface area (Å²) in [5, 5.41) is 20.9. The largest absolute Gasteiger partial charge is 0.629 e. The van der Waals surface area contributed by atoms with Crippen LogP contribution < -0.4 is 5.06 Å². The third kappa shape index (κ3) is 5.26. The summed E-state index contributed by atoms with van der Waals surface area (Å²) < 4.78 is 20.5. The van der Waals surface area contributed by atoms with Gasteiger partial charge in [0.15, 0.2) is 0 Å². The molecule has 0 aromatic heterocycles. The van der Waals surface area contributed by atoms with Gasteiger partial charge in [0.1, 0.15) is 11.5 Å². The Bertz CT molecular complexity index is 833. The van der Waals surface area contributed by atoms with E-state index in [2.05, 4.69) is 22.4 Å². The average molecular weight is 397 g/mol. The Balaban J connectivity index is 1.39. The molecular formula is C23H28FN3O2. The fraction of sp³-hybridized carbons (Fsp3) is 0.478. The van der Waals surface area contributed by atoms with Crippen molar-refractivity contribution in [3.05, 3.63) is 64.8 Å². The Morgan fingerprint density at radius 1 is 1.31 bits per heavy atom. The summed E-state index contributed by atoms with van der Waals surface area (Å²) in [6.45, 7) is 1.24. The molecule has 2 heterocycles. The number of azo groups is 1. The van der Waals surface area contributed by atoms with Gasteiger partial charge in [-0.05, 0) is 31.7 Å². The SMILES string of the molecule is [O-][NH+](c1ccc(/C=C2\CC=CCC2)c(F)c1)C1CCOC(C[C@@H]2C=CN=NC2)C1. The molecule has 0 amide bonds. The predicted octanol–water partition coefficient (Wildman–Crippen LogP) is 4.50.